The van der Waals surface area contributed by atoms with Crippen LogP contribution in [-0.4, -0.2) is 17.8 Å². The first-order valence-corrected chi connectivity index (χ1v) is 7.70. The maximum Gasteiger partial charge on any atom is 0.119 e. The van der Waals surface area contributed by atoms with E-state index in [1.54, 1.807) is 0 Å². The van der Waals surface area contributed by atoms with Crippen molar-refractivity contribution in [3.63, 3.8) is 0 Å². The molecule has 0 fully saturated rings. The van der Waals surface area contributed by atoms with Crippen LogP contribution in [0, 0.1) is 0 Å². The molecule has 2 atom stereocenters. The summed E-state index contributed by atoms with van der Waals surface area (Å²) >= 11 is 0. The summed E-state index contributed by atoms with van der Waals surface area (Å²) in [5.74, 6) is 1.47. The zero-order chi connectivity index (χ0) is 14.7. The molecule has 0 aliphatic heterocycles. The molecule has 1 aliphatic carbocycles. The minimum atomic E-state index is -0.236. The Morgan fingerprint density at radius 1 is 1.14 bits per heavy atom. The van der Waals surface area contributed by atoms with Crippen molar-refractivity contribution in [3.8, 4) is 5.75 Å². The highest BCUT2D eigenvalue weighted by atomic mass is 16.5. The van der Waals surface area contributed by atoms with Gasteiger partial charge in [-0.1, -0.05) is 36.4 Å². The van der Waals surface area contributed by atoms with Crippen LogP contribution in [0.15, 0.2) is 48.5 Å². The van der Waals surface area contributed by atoms with E-state index in [1.807, 2.05) is 19.1 Å². The van der Waals surface area contributed by atoms with Gasteiger partial charge in [-0.05, 0) is 55.0 Å². The predicted octanol–water partition coefficient (Wildman–Crippen LogP) is 3.72. The van der Waals surface area contributed by atoms with Crippen LogP contribution in [0.2, 0.25) is 0 Å². The SMILES string of the molecule is CC(O)CCc1ccc(OCC2Cc3ccccc32)cc1. The van der Waals surface area contributed by atoms with Crippen molar-refractivity contribution in [3.05, 3.63) is 65.2 Å². The van der Waals surface area contributed by atoms with Gasteiger partial charge in [-0.25, -0.2) is 0 Å². The molecule has 0 amide bonds. The smallest absolute Gasteiger partial charge is 0.119 e. The minimum absolute atomic E-state index is 0.236. The van der Waals surface area contributed by atoms with Gasteiger partial charge in [0.25, 0.3) is 0 Å². The van der Waals surface area contributed by atoms with Gasteiger partial charge in [-0.3, -0.25) is 0 Å². The highest BCUT2D eigenvalue weighted by Crippen LogP contribution is 2.35. The van der Waals surface area contributed by atoms with Crippen LogP contribution in [0.3, 0.4) is 0 Å². The van der Waals surface area contributed by atoms with E-state index in [0.717, 1.165) is 31.6 Å². The average Bonchev–Trinajstić information content (AvgIpc) is 2.47. The molecular formula is C19H22O2. The lowest BCUT2D eigenvalue weighted by atomic mass is 9.78. The highest BCUT2D eigenvalue weighted by Gasteiger charge is 2.25. The van der Waals surface area contributed by atoms with Crippen LogP contribution in [0.5, 0.6) is 5.75 Å². The van der Waals surface area contributed by atoms with Crippen molar-refractivity contribution in [2.45, 2.75) is 38.2 Å². The first kappa shape index (κ1) is 14.2. The number of hydrogen-bond acceptors (Lipinski definition) is 2. The summed E-state index contributed by atoms with van der Waals surface area (Å²) in [4.78, 5) is 0. The van der Waals surface area contributed by atoms with Crippen molar-refractivity contribution >= 4 is 0 Å². The van der Waals surface area contributed by atoms with Crippen LogP contribution < -0.4 is 4.74 Å². The standard InChI is InChI=1S/C19H22O2/c1-14(20)6-7-15-8-10-18(11-9-15)21-13-17-12-16-4-2-3-5-19(16)17/h2-5,8-11,14,17,20H,6-7,12-13H2,1H3. The van der Waals surface area contributed by atoms with Gasteiger partial charge in [0.15, 0.2) is 0 Å². The molecule has 2 unspecified atom stereocenters. The lowest BCUT2D eigenvalue weighted by Crippen LogP contribution is -2.23. The Kier molecular flexibility index (Phi) is 4.26. The molecule has 0 saturated heterocycles. The summed E-state index contributed by atoms with van der Waals surface area (Å²) in [5.41, 5.74) is 4.14. The van der Waals surface area contributed by atoms with Gasteiger partial charge in [0.2, 0.25) is 0 Å². The van der Waals surface area contributed by atoms with Crippen LogP contribution in [0.4, 0.5) is 0 Å². The zero-order valence-corrected chi connectivity index (χ0v) is 12.5. The number of hydrogen-bond donors (Lipinski definition) is 1. The molecular weight excluding hydrogens is 260 g/mol. The number of aliphatic hydroxyl groups excluding tert-OH is 1. The average molecular weight is 282 g/mol. The number of fused-ring (bicyclic) bond motifs is 1. The van der Waals surface area contributed by atoms with Crippen molar-refractivity contribution in [1.82, 2.24) is 0 Å². The molecule has 0 radical (unpaired) electrons. The maximum atomic E-state index is 9.30. The van der Waals surface area contributed by atoms with Gasteiger partial charge < -0.3 is 9.84 Å². The maximum absolute atomic E-state index is 9.30. The molecule has 0 heterocycles. The molecule has 2 heteroatoms. The molecule has 21 heavy (non-hydrogen) atoms. The lowest BCUT2D eigenvalue weighted by molar-refractivity contribution is 0.185. The normalized spacial score (nSPS) is 17.7. The highest BCUT2D eigenvalue weighted by molar-refractivity contribution is 5.40. The Morgan fingerprint density at radius 2 is 1.90 bits per heavy atom. The predicted molar refractivity (Wildman–Crippen MR) is 84.8 cm³/mol. The van der Waals surface area contributed by atoms with Crippen LogP contribution in [-0.2, 0) is 12.8 Å². The van der Waals surface area contributed by atoms with Gasteiger partial charge in [0, 0.05) is 5.92 Å². The van der Waals surface area contributed by atoms with Crippen molar-refractivity contribution in [2.75, 3.05) is 6.61 Å². The Bertz CT molecular complexity index is 587. The van der Waals surface area contributed by atoms with E-state index >= 15 is 0 Å². The van der Waals surface area contributed by atoms with Crippen LogP contribution >= 0.6 is 0 Å². The fourth-order valence-corrected chi connectivity index (χ4v) is 2.84. The van der Waals surface area contributed by atoms with Gasteiger partial charge in [-0.15, -0.1) is 0 Å². The molecule has 110 valence electrons. The largest absolute Gasteiger partial charge is 0.493 e. The summed E-state index contributed by atoms with van der Waals surface area (Å²) in [5, 5.41) is 9.30. The van der Waals surface area contributed by atoms with E-state index < -0.39 is 0 Å². The Balaban J connectivity index is 1.50. The monoisotopic (exact) mass is 282 g/mol. The fraction of sp³-hybridized carbons (Fsp3) is 0.368. The van der Waals surface area contributed by atoms with E-state index in [-0.39, 0.29) is 6.10 Å². The molecule has 1 N–H and O–H groups in total. The molecule has 0 saturated carbocycles. The van der Waals surface area contributed by atoms with E-state index in [0.29, 0.717) is 5.92 Å². The van der Waals surface area contributed by atoms with Crippen molar-refractivity contribution in [2.24, 2.45) is 0 Å². The molecule has 1 aliphatic rings. The van der Waals surface area contributed by atoms with Crippen molar-refractivity contribution < 1.29 is 9.84 Å². The minimum Gasteiger partial charge on any atom is -0.493 e. The third-order valence-electron chi connectivity index (χ3n) is 4.19. The molecule has 2 aromatic rings. The number of aliphatic hydroxyl groups is 1. The topological polar surface area (TPSA) is 29.5 Å². The molecule has 0 spiro atoms. The third kappa shape index (κ3) is 3.45. The number of benzene rings is 2. The van der Waals surface area contributed by atoms with Crippen molar-refractivity contribution in [1.29, 1.82) is 0 Å². The number of aryl methyl sites for hydroxylation is 1. The van der Waals surface area contributed by atoms with E-state index in [1.165, 1.54) is 16.7 Å². The first-order valence-electron chi connectivity index (χ1n) is 7.70. The third-order valence-corrected chi connectivity index (χ3v) is 4.19. The summed E-state index contributed by atoms with van der Waals surface area (Å²) in [6.07, 6.45) is 2.61. The Hall–Kier alpha value is -1.80. The number of ether oxygens (including phenoxy) is 1. The summed E-state index contributed by atoms with van der Waals surface area (Å²) in [6, 6.07) is 16.8. The summed E-state index contributed by atoms with van der Waals surface area (Å²) < 4.78 is 5.90. The second-order valence-corrected chi connectivity index (χ2v) is 5.94. The van der Waals surface area contributed by atoms with Gasteiger partial charge in [-0.2, -0.15) is 0 Å². The van der Waals surface area contributed by atoms with Gasteiger partial charge in [0.1, 0.15) is 5.75 Å². The summed E-state index contributed by atoms with van der Waals surface area (Å²) in [7, 11) is 0. The molecule has 3 rings (SSSR count). The van der Waals surface area contributed by atoms with Crippen LogP contribution in [0.25, 0.3) is 0 Å². The van der Waals surface area contributed by atoms with Gasteiger partial charge >= 0.3 is 0 Å². The summed E-state index contributed by atoms with van der Waals surface area (Å²) in [6.45, 7) is 2.58. The van der Waals surface area contributed by atoms with E-state index in [2.05, 4.69) is 36.4 Å². The van der Waals surface area contributed by atoms with Gasteiger partial charge in [0.05, 0.1) is 12.7 Å². The first-order chi connectivity index (χ1) is 10.2. The van der Waals surface area contributed by atoms with Crippen LogP contribution in [0.1, 0.15) is 36.0 Å². The number of rotatable bonds is 6. The quantitative estimate of drug-likeness (QED) is 0.875. The molecule has 0 bridgehead atoms. The molecule has 2 nitrogen and oxygen atoms in total. The lowest BCUT2D eigenvalue weighted by Gasteiger charge is -2.29. The second-order valence-electron chi connectivity index (χ2n) is 5.94. The molecule has 0 aromatic heterocycles. The zero-order valence-electron chi connectivity index (χ0n) is 12.5. The Labute approximate surface area is 126 Å². The Morgan fingerprint density at radius 3 is 2.62 bits per heavy atom. The molecule has 2 aromatic carbocycles. The van der Waals surface area contributed by atoms with E-state index in [4.69, 9.17) is 4.74 Å². The van der Waals surface area contributed by atoms with E-state index in [9.17, 15) is 5.11 Å². The second kappa shape index (κ2) is 6.31. The fourth-order valence-electron chi connectivity index (χ4n) is 2.84.